The summed E-state index contributed by atoms with van der Waals surface area (Å²) in [5.74, 6) is -1.29. The third-order valence-electron chi connectivity index (χ3n) is 7.64. The second-order valence-electron chi connectivity index (χ2n) is 11.0. The third-order valence-corrected chi connectivity index (χ3v) is 7.88. The van der Waals surface area contributed by atoms with E-state index in [1.165, 1.54) is 25.4 Å². The van der Waals surface area contributed by atoms with Crippen molar-refractivity contribution in [1.82, 2.24) is 4.98 Å². The molecule has 1 saturated carbocycles. The van der Waals surface area contributed by atoms with E-state index in [0.29, 0.717) is 64.7 Å². The first-order valence-electron chi connectivity index (χ1n) is 14.9. The van der Waals surface area contributed by atoms with Crippen molar-refractivity contribution in [2.45, 2.75) is 44.9 Å². The van der Waals surface area contributed by atoms with Crippen molar-refractivity contribution >= 4 is 103 Å². The van der Waals surface area contributed by atoms with E-state index in [2.05, 4.69) is 15.6 Å². The number of carbonyl (C=O) groups excluding carboxylic acids is 2. The maximum absolute atomic E-state index is 15.2. The average molecular weight is 690 g/mol. The second kappa shape index (κ2) is 16.7. The molecule has 5 rings (SSSR count). The molecule has 10 nitrogen and oxygen atoms in total. The number of rotatable bonds is 15. The Morgan fingerprint density at radius 3 is 2.28 bits per heavy atom. The predicted octanol–water partition coefficient (Wildman–Crippen LogP) is 6.95. The van der Waals surface area contributed by atoms with Gasteiger partial charge in [-0.2, -0.15) is 0 Å². The van der Waals surface area contributed by atoms with Crippen LogP contribution in [0.25, 0.3) is 10.9 Å². The molecule has 0 bridgehead atoms. The number of amides is 2. The standard InChI is InChI=1S/C34H33ClFN3O7.K.H/c1-44-29-19-24-26(20-30(29)45-16-5-3-2-4-9-31(40)41)37-15-12-27(24)46-28-11-10-23(18-25(28)36)39-33(43)34(13-14-34)32(42)38-22-8-6-7-21(35)17-22;;/h6-8,10-12,15,17-20H,2-5,9,13-14,16H2,1H3,(H,38,42)(H,39,43)(H,40,41);;. The molecule has 0 unspecified atom stereocenters. The number of unbranched alkanes of at least 4 members (excludes halogenated alkanes) is 3. The van der Waals surface area contributed by atoms with Crippen LogP contribution in [-0.2, 0) is 14.4 Å². The quantitative estimate of drug-likeness (QED) is 0.0693. The van der Waals surface area contributed by atoms with Gasteiger partial charge >= 0.3 is 57.4 Å². The number of anilines is 2. The Balaban J connectivity index is 0.00000500. The number of pyridine rings is 1. The van der Waals surface area contributed by atoms with Gasteiger partial charge in [0.05, 0.1) is 19.2 Å². The van der Waals surface area contributed by atoms with E-state index in [1.807, 2.05) is 0 Å². The molecule has 0 aliphatic heterocycles. The molecule has 47 heavy (non-hydrogen) atoms. The van der Waals surface area contributed by atoms with Gasteiger partial charge in [-0.25, -0.2) is 4.39 Å². The van der Waals surface area contributed by atoms with Crippen LogP contribution >= 0.6 is 11.6 Å². The number of nitrogens with one attached hydrogen (secondary N) is 2. The fourth-order valence-corrected chi connectivity index (χ4v) is 5.12. The summed E-state index contributed by atoms with van der Waals surface area (Å²) in [6.07, 6.45) is 5.46. The van der Waals surface area contributed by atoms with E-state index < -0.39 is 29.0 Å². The molecule has 242 valence electrons. The van der Waals surface area contributed by atoms with Crippen LogP contribution in [0.15, 0.2) is 66.9 Å². The van der Waals surface area contributed by atoms with Gasteiger partial charge in [-0.15, -0.1) is 0 Å². The number of hydrogen-bond donors (Lipinski definition) is 3. The van der Waals surface area contributed by atoms with Crippen LogP contribution < -0.4 is 24.8 Å². The molecule has 3 aromatic carbocycles. The summed E-state index contributed by atoms with van der Waals surface area (Å²) in [6.45, 7) is 0.424. The number of aromatic nitrogens is 1. The summed E-state index contributed by atoms with van der Waals surface area (Å²) in [5, 5.41) is 15.2. The first-order valence-corrected chi connectivity index (χ1v) is 15.2. The van der Waals surface area contributed by atoms with Crippen molar-refractivity contribution in [1.29, 1.82) is 0 Å². The summed E-state index contributed by atoms with van der Waals surface area (Å²) in [7, 11) is 1.51. The third kappa shape index (κ3) is 9.43. The van der Waals surface area contributed by atoms with Gasteiger partial charge in [0.1, 0.15) is 11.2 Å². The second-order valence-corrected chi connectivity index (χ2v) is 11.4. The molecule has 4 aromatic rings. The number of aliphatic carboxylic acids is 1. The Labute approximate surface area is 318 Å². The molecular formula is C34H34ClFKN3O7. The monoisotopic (exact) mass is 689 g/mol. The molecule has 1 aliphatic rings. The Bertz CT molecular complexity index is 1770. The zero-order valence-electron chi connectivity index (χ0n) is 25.1. The normalized spacial score (nSPS) is 12.8. The number of ether oxygens (including phenoxy) is 3. The van der Waals surface area contributed by atoms with E-state index in [0.717, 1.165) is 25.3 Å². The molecule has 2 amide bonds. The number of benzene rings is 3. The van der Waals surface area contributed by atoms with Gasteiger partial charge in [-0.1, -0.05) is 30.5 Å². The molecule has 0 spiro atoms. The van der Waals surface area contributed by atoms with Crippen LogP contribution in [0.3, 0.4) is 0 Å². The van der Waals surface area contributed by atoms with Crippen molar-refractivity contribution in [3.05, 3.63) is 77.7 Å². The van der Waals surface area contributed by atoms with Crippen LogP contribution in [0.2, 0.25) is 5.02 Å². The zero-order chi connectivity index (χ0) is 32.7. The molecular weight excluding hydrogens is 656 g/mol. The molecule has 0 saturated heterocycles. The van der Waals surface area contributed by atoms with Crippen molar-refractivity contribution < 1.29 is 38.1 Å². The molecule has 1 heterocycles. The molecule has 0 atom stereocenters. The van der Waals surface area contributed by atoms with Gasteiger partial charge < -0.3 is 30.0 Å². The Morgan fingerprint density at radius 1 is 0.894 bits per heavy atom. The van der Waals surface area contributed by atoms with Crippen LogP contribution in [0.4, 0.5) is 15.8 Å². The summed E-state index contributed by atoms with van der Waals surface area (Å²) in [4.78, 5) is 41.0. The van der Waals surface area contributed by atoms with Crippen LogP contribution in [-0.4, -0.2) is 93.0 Å². The van der Waals surface area contributed by atoms with Gasteiger partial charge in [0.2, 0.25) is 11.8 Å². The summed E-state index contributed by atoms with van der Waals surface area (Å²) in [5.41, 5.74) is -0.0321. The van der Waals surface area contributed by atoms with Crippen LogP contribution in [0.1, 0.15) is 44.9 Å². The van der Waals surface area contributed by atoms with E-state index >= 15 is 4.39 Å². The maximum atomic E-state index is 15.2. The van der Waals surface area contributed by atoms with Gasteiger partial charge in [0, 0.05) is 46.5 Å². The summed E-state index contributed by atoms with van der Waals surface area (Å²) >= 11 is 5.99. The number of methoxy groups -OCH3 is 1. The van der Waals surface area contributed by atoms with E-state index in [9.17, 15) is 14.4 Å². The number of halogens is 2. The van der Waals surface area contributed by atoms with E-state index in [-0.39, 0.29) is 69.2 Å². The van der Waals surface area contributed by atoms with Crippen LogP contribution in [0, 0.1) is 11.2 Å². The molecule has 3 N–H and O–H groups in total. The van der Waals surface area contributed by atoms with Crippen LogP contribution in [0.5, 0.6) is 23.0 Å². The van der Waals surface area contributed by atoms with Gasteiger partial charge in [0.25, 0.3) is 0 Å². The van der Waals surface area contributed by atoms with Gasteiger partial charge in [-0.3, -0.25) is 19.4 Å². The number of hydrogen-bond acceptors (Lipinski definition) is 7. The first kappa shape index (κ1) is 36.6. The molecule has 1 aromatic heterocycles. The molecule has 1 fully saturated rings. The van der Waals surface area contributed by atoms with Gasteiger partial charge in [0.15, 0.2) is 23.1 Å². The summed E-state index contributed by atoms with van der Waals surface area (Å²) < 4.78 is 32.6. The average Bonchev–Trinajstić information content (AvgIpc) is 3.84. The predicted molar refractivity (Wildman–Crippen MR) is 179 cm³/mol. The number of carboxylic acid groups (broad SMARTS) is 1. The van der Waals surface area contributed by atoms with Crippen molar-refractivity contribution in [2.75, 3.05) is 24.4 Å². The summed E-state index contributed by atoms with van der Waals surface area (Å²) in [6, 6.07) is 15.7. The topological polar surface area (TPSA) is 136 Å². The molecule has 13 heteroatoms. The zero-order valence-corrected chi connectivity index (χ0v) is 25.9. The molecule has 0 radical (unpaired) electrons. The fourth-order valence-electron chi connectivity index (χ4n) is 4.93. The first-order chi connectivity index (χ1) is 22.2. The van der Waals surface area contributed by atoms with Crippen molar-refractivity contribution in [3.8, 4) is 23.0 Å². The molecule has 1 aliphatic carbocycles. The van der Waals surface area contributed by atoms with E-state index in [1.54, 1.807) is 42.5 Å². The SMILES string of the molecule is COc1cc2c(Oc3ccc(NC(=O)C4(C(=O)Nc5cccc(Cl)c5)CC4)cc3F)ccnc2cc1OCCCCCCC(=O)O.[KH]. The minimum absolute atomic E-state index is 0. The van der Waals surface area contributed by atoms with Crippen molar-refractivity contribution in [3.63, 3.8) is 0 Å². The number of nitrogens with zero attached hydrogens (tertiary/aromatic N) is 1. The minimum atomic E-state index is -1.24. The Kier molecular flexibility index (Phi) is 13.0. The number of carbonyl (C=O) groups is 3. The van der Waals surface area contributed by atoms with Gasteiger partial charge in [-0.05, 0) is 68.1 Å². The van der Waals surface area contributed by atoms with Crippen molar-refractivity contribution in [2.24, 2.45) is 5.41 Å². The number of carboxylic acids is 1. The fraction of sp³-hybridized carbons (Fsp3) is 0.294. The Hall–Kier alpha value is -3.26. The number of fused-ring (bicyclic) bond motifs is 1. The van der Waals surface area contributed by atoms with E-state index in [4.69, 9.17) is 30.9 Å². The Morgan fingerprint density at radius 2 is 1.62 bits per heavy atom.